The Morgan fingerprint density at radius 3 is 2.78 bits per heavy atom. The first-order valence-corrected chi connectivity index (χ1v) is 6.45. The number of hydrogen-bond acceptors (Lipinski definition) is 2. The van der Waals surface area contributed by atoms with Gasteiger partial charge in [-0.2, -0.15) is 0 Å². The van der Waals surface area contributed by atoms with Gasteiger partial charge in [-0.15, -0.1) is 0 Å². The van der Waals surface area contributed by atoms with Gasteiger partial charge >= 0.3 is 5.97 Å². The smallest absolute Gasteiger partial charge is 0.355 e. The first kappa shape index (κ1) is 12.7. The van der Waals surface area contributed by atoms with E-state index in [0.29, 0.717) is 12.3 Å². The molecule has 0 unspecified atom stereocenters. The molecule has 1 aromatic heterocycles. The van der Waals surface area contributed by atoms with Crippen LogP contribution in [0.1, 0.15) is 41.9 Å². The molecule has 0 atom stereocenters. The van der Waals surface area contributed by atoms with E-state index in [4.69, 9.17) is 4.74 Å². The molecule has 1 aromatic carbocycles. The molecule has 1 heterocycles. The summed E-state index contributed by atoms with van der Waals surface area (Å²) < 4.78 is 5.10. The Morgan fingerprint density at radius 2 is 2.11 bits per heavy atom. The van der Waals surface area contributed by atoms with Gasteiger partial charge < -0.3 is 9.72 Å². The largest absolute Gasteiger partial charge is 0.461 e. The molecule has 96 valence electrons. The fourth-order valence-corrected chi connectivity index (χ4v) is 2.25. The molecule has 18 heavy (non-hydrogen) atoms. The predicted octanol–water partition coefficient (Wildman–Crippen LogP) is 3.61. The van der Waals surface area contributed by atoms with E-state index in [1.54, 1.807) is 0 Å². The zero-order valence-electron chi connectivity index (χ0n) is 11.2. The highest BCUT2D eigenvalue weighted by molar-refractivity contribution is 5.98. The highest BCUT2D eigenvalue weighted by Gasteiger charge is 2.17. The van der Waals surface area contributed by atoms with Crippen molar-refractivity contribution in [3.8, 4) is 0 Å². The summed E-state index contributed by atoms with van der Waals surface area (Å²) in [6.45, 7) is 6.40. The number of aromatic nitrogens is 1. The van der Waals surface area contributed by atoms with Gasteiger partial charge in [-0.25, -0.2) is 4.79 Å². The Kier molecular flexibility index (Phi) is 3.70. The normalized spacial score (nSPS) is 10.8. The van der Waals surface area contributed by atoms with E-state index in [-0.39, 0.29) is 5.97 Å². The number of esters is 1. The van der Waals surface area contributed by atoms with Crippen molar-refractivity contribution < 1.29 is 9.53 Å². The third-order valence-corrected chi connectivity index (χ3v) is 3.04. The second-order valence-electron chi connectivity index (χ2n) is 4.50. The molecule has 0 spiro atoms. The maximum atomic E-state index is 11.9. The summed E-state index contributed by atoms with van der Waals surface area (Å²) in [6.07, 6.45) is 1.89. The van der Waals surface area contributed by atoms with Crippen molar-refractivity contribution in [2.45, 2.75) is 33.6 Å². The van der Waals surface area contributed by atoms with Crippen molar-refractivity contribution in [2.75, 3.05) is 6.61 Å². The Morgan fingerprint density at radius 1 is 1.33 bits per heavy atom. The van der Waals surface area contributed by atoms with Crippen LogP contribution in [0, 0.1) is 6.92 Å². The minimum atomic E-state index is -0.255. The minimum Gasteiger partial charge on any atom is -0.461 e. The van der Waals surface area contributed by atoms with Crippen molar-refractivity contribution in [2.24, 2.45) is 0 Å². The maximum Gasteiger partial charge on any atom is 0.355 e. The minimum absolute atomic E-state index is 0.255. The molecule has 0 aliphatic carbocycles. The summed E-state index contributed by atoms with van der Waals surface area (Å²) in [5.41, 5.74) is 3.90. The van der Waals surface area contributed by atoms with E-state index in [2.05, 4.69) is 24.9 Å². The Hall–Kier alpha value is -1.77. The van der Waals surface area contributed by atoms with Crippen LogP contribution >= 0.6 is 0 Å². The fraction of sp³-hybridized carbons (Fsp3) is 0.400. The molecule has 0 saturated heterocycles. The van der Waals surface area contributed by atoms with Crippen molar-refractivity contribution in [1.82, 2.24) is 4.98 Å². The van der Waals surface area contributed by atoms with Crippen molar-refractivity contribution in [3.05, 3.63) is 35.0 Å². The first-order valence-electron chi connectivity index (χ1n) is 6.45. The highest BCUT2D eigenvalue weighted by atomic mass is 16.5. The molecular formula is C15H19NO2. The van der Waals surface area contributed by atoms with Gasteiger partial charge in [0.2, 0.25) is 0 Å². The number of benzene rings is 1. The third kappa shape index (κ3) is 2.26. The lowest BCUT2D eigenvalue weighted by atomic mass is 10.0. The van der Waals surface area contributed by atoms with Crippen LogP contribution in [0.5, 0.6) is 0 Å². The highest BCUT2D eigenvalue weighted by Crippen LogP contribution is 2.25. The Balaban J connectivity index is 2.57. The first-order chi connectivity index (χ1) is 8.67. The predicted molar refractivity (Wildman–Crippen MR) is 73.0 cm³/mol. The van der Waals surface area contributed by atoms with Crippen LogP contribution in [0.3, 0.4) is 0 Å². The van der Waals surface area contributed by atoms with Gasteiger partial charge in [0.25, 0.3) is 0 Å². The van der Waals surface area contributed by atoms with Crippen LogP contribution in [0.2, 0.25) is 0 Å². The molecule has 2 aromatic rings. The van der Waals surface area contributed by atoms with Gasteiger partial charge in [-0.1, -0.05) is 25.0 Å². The number of rotatable bonds is 4. The number of ether oxygens (including phenoxy) is 1. The van der Waals surface area contributed by atoms with Crippen LogP contribution in [0.15, 0.2) is 18.2 Å². The topological polar surface area (TPSA) is 42.1 Å². The van der Waals surface area contributed by atoms with Crippen molar-refractivity contribution in [1.29, 1.82) is 0 Å². The average molecular weight is 245 g/mol. The van der Waals surface area contributed by atoms with E-state index in [1.807, 2.05) is 19.1 Å². The van der Waals surface area contributed by atoms with Gasteiger partial charge in [-0.05, 0) is 38.0 Å². The number of hydrogen-bond donors (Lipinski definition) is 1. The van der Waals surface area contributed by atoms with Gasteiger partial charge in [-0.3, -0.25) is 0 Å². The monoisotopic (exact) mass is 245 g/mol. The summed E-state index contributed by atoms with van der Waals surface area (Å²) in [5, 5.41) is 1.14. The molecular weight excluding hydrogens is 226 g/mol. The number of H-pyrrole nitrogens is 1. The van der Waals surface area contributed by atoms with Crippen LogP contribution in [0.4, 0.5) is 0 Å². The molecule has 3 heteroatoms. The van der Waals surface area contributed by atoms with Gasteiger partial charge in [0.1, 0.15) is 5.69 Å². The maximum absolute atomic E-state index is 11.9. The summed E-state index contributed by atoms with van der Waals surface area (Å²) in [6, 6.07) is 6.19. The van der Waals surface area contributed by atoms with Crippen molar-refractivity contribution >= 4 is 16.9 Å². The van der Waals surface area contributed by atoms with Crippen molar-refractivity contribution in [3.63, 3.8) is 0 Å². The summed E-state index contributed by atoms with van der Waals surface area (Å²) in [4.78, 5) is 15.1. The molecule has 3 nitrogen and oxygen atoms in total. The molecule has 0 bridgehead atoms. The molecule has 0 amide bonds. The molecule has 0 fully saturated rings. The lowest BCUT2D eigenvalue weighted by Gasteiger charge is -2.03. The third-order valence-electron chi connectivity index (χ3n) is 3.04. The molecule has 0 aliphatic rings. The number of nitrogens with one attached hydrogen (secondary N) is 1. The molecule has 1 N–H and O–H groups in total. The summed E-state index contributed by atoms with van der Waals surface area (Å²) >= 11 is 0. The molecule has 0 aliphatic heterocycles. The second-order valence-corrected chi connectivity index (χ2v) is 4.50. The molecule has 0 saturated carbocycles. The lowest BCUT2D eigenvalue weighted by molar-refractivity contribution is 0.0519. The fourth-order valence-electron chi connectivity index (χ4n) is 2.25. The van der Waals surface area contributed by atoms with E-state index in [9.17, 15) is 4.79 Å². The second kappa shape index (κ2) is 5.25. The quantitative estimate of drug-likeness (QED) is 0.836. The Bertz CT molecular complexity index is 569. The summed E-state index contributed by atoms with van der Waals surface area (Å²) in [7, 11) is 0. The molecule has 0 radical (unpaired) electrons. The van der Waals surface area contributed by atoms with Crippen LogP contribution in [-0.4, -0.2) is 17.6 Å². The SMILES string of the molecule is CCCc1c(C(=O)OCC)[nH]c2ccc(C)cc12. The average Bonchev–Trinajstić information content (AvgIpc) is 2.69. The number of aryl methyl sites for hydroxylation is 2. The number of carbonyl (C=O) groups is 1. The molecule has 2 rings (SSSR count). The summed E-state index contributed by atoms with van der Waals surface area (Å²) in [5.74, 6) is -0.255. The van der Waals surface area contributed by atoms with E-state index >= 15 is 0 Å². The van der Waals surface area contributed by atoms with Crippen LogP contribution in [0.25, 0.3) is 10.9 Å². The van der Waals surface area contributed by atoms with Gasteiger partial charge in [0.05, 0.1) is 6.61 Å². The van der Waals surface area contributed by atoms with E-state index in [0.717, 1.165) is 29.3 Å². The standard InChI is InChI=1S/C15H19NO2/c1-4-6-11-12-9-10(3)7-8-13(12)16-14(11)15(17)18-5-2/h7-9,16H,4-6H2,1-3H3. The van der Waals surface area contributed by atoms with Gasteiger partial charge in [0, 0.05) is 10.9 Å². The number of fused-ring (bicyclic) bond motifs is 1. The number of carbonyl (C=O) groups excluding carboxylic acids is 1. The lowest BCUT2D eigenvalue weighted by Crippen LogP contribution is -2.07. The zero-order chi connectivity index (χ0) is 13.1. The van der Waals surface area contributed by atoms with E-state index in [1.165, 1.54) is 5.56 Å². The Labute approximate surface area is 107 Å². The number of aromatic amines is 1. The van der Waals surface area contributed by atoms with Crippen LogP contribution < -0.4 is 0 Å². The zero-order valence-corrected chi connectivity index (χ0v) is 11.2. The van der Waals surface area contributed by atoms with Crippen LogP contribution in [-0.2, 0) is 11.2 Å². The van der Waals surface area contributed by atoms with Gasteiger partial charge in [0.15, 0.2) is 0 Å². The van der Waals surface area contributed by atoms with E-state index < -0.39 is 0 Å².